The lowest BCUT2D eigenvalue weighted by Gasteiger charge is -2.18. The van der Waals surface area contributed by atoms with Crippen LogP contribution in [0.4, 0.5) is 10.2 Å². The Kier molecular flexibility index (Phi) is 5.15. The second-order valence-corrected chi connectivity index (χ2v) is 9.37. The van der Waals surface area contributed by atoms with Crippen LogP contribution in [0.1, 0.15) is 37.6 Å². The van der Waals surface area contributed by atoms with E-state index >= 15 is 0 Å². The Morgan fingerprint density at radius 1 is 1.13 bits per heavy atom. The quantitative estimate of drug-likeness (QED) is 0.478. The fourth-order valence-electron chi connectivity index (χ4n) is 3.18. The van der Waals surface area contributed by atoms with Gasteiger partial charge in [-0.05, 0) is 47.7 Å². The molecular weight excluding hydrogens is 399 g/mol. The van der Waals surface area contributed by atoms with Crippen LogP contribution in [0.25, 0.3) is 15.3 Å². The molecule has 0 saturated carbocycles. The van der Waals surface area contributed by atoms with Crippen molar-refractivity contribution in [3.05, 3.63) is 71.2 Å². The maximum absolute atomic E-state index is 13.1. The summed E-state index contributed by atoms with van der Waals surface area (Å²) in [6, 6.07) is 14.0. The number of benzene rings is 2. The van der Waals surface area contributed by atoms with Gasteiger partial charge in [-0.15, -0.1) is 0 Å². The molecule has 2 aromatic carbocycles. The van der Waals surface area contributed by atoms with Gasteiger partial charge in [0.15, 0.2) is 0 Å². The molecule has 0 atom stereocenters. The molecule has 154 valence electrons. The Morgan fingerprint density at radius 2 is 1.87 bits per heavy atom. The van der Waals surface area contributed by atoms with Gasteiger partial charge in [-0.3, -0.25) is 4.79 Å². The highest BCUT2D eigenvalue weighted by atomic mass is 32.1. The van der Waals surface area contributed by atoms with Crippen LogP contribution in [-0.4, -0.2) is 20.7 Å². The number of carbonyl (C=O) groups excluding carboxylic acids is 1. The molecule has 2 aromatic heterocycles. The lowest BCUT2D eigenvalue weighted by molar-refractivity contribution is -0.115. The number of anilines is 1. The van der Waals surface area contributed by atoms with Crippen LogP contribution in [0.2, 0.25) is 0 Å². The summed E-state index contributed by atoms with van der Waals surface area (Å²) in [7, 11) is 0. The number of fused-ring (bicyclic) bond motifs is 1. The van der Waals surface area contributed by atoms with Crippen molar-refractivity contribution in [1.82, 2.24) is 14.8 Å². The highest BCUT2D eigenvalue weighted by Crippen LogP contribution is 2.31. The average Bonchev–Trinajstić information content (AvgIpc) is 3.25. The van der Waals surface area contributed by atoms with Gasteiger partial charge >= 0.3 is 0 Å². The van der Waals surface area contributed by atoms with Crippen LogP contribution in [0.5, 0.6) is 0 Å². The molecule has 0 unspecified atom stereocenters. The first kappa shape index (κ1) is 20.2. The molecule has 0 radical (unpaired) electrons. The topological polar surface area (TPSA) is 59.8 Å². The number of hydrogen-bond acceptors (Lipinski definition) is 4. The molecule has 30 heavy (non-hydrogen) atoms. The number of thiazole rings is 1. The van der Waals surface area contributed by atoms with Gasteiger partial charge in [-0.1, -0.05) is 50.3 Å². The minimum atomic E-state index is -0.321. The number of carbonyl (C=O) groups is 1. The summed E-state index contributed by atoms with van der Waals surface area (Å²) in [5.74, 6) is 0.0481. The fourth-order valence-corrected chi connectivity index (χ4v) is 4.15. The SMILES string of the molecule is Cc1cc(NC(=O)Cc2ccc(F)cc2)n(-c2nc3ccc(C(C)(C)C)cc3s2)n1. The number of hydrogen-bond donors (Lipinski definition) is 1. The van der Waals surface area contributed by atoms with Crippen molar-refractivity contribution in [2.24, 2.45) is 0 Å². The van der Waals surface area contributed by atoms with Crippen molar-refractivity contribution in [2.45, 2.75) is 39.5 Å². The molecule has 0 aliphatic carbocycles. The zero-order valence-electron chi connectivity index (χ0n) is 17.4. The molecule has 4 aromatic rings. The summed E-state index contributed by atoms with van der Waals surface area (Å²) >= 11 is 1.54. The number of nitrogens with zero attached hydrogens (tertiary/aromatic N) is 3. The van der Waals surface area contributed by atoms with Gasteiger partial charge in [0, 0.05) is 6.07 Å². The van der Waals surface area contributed by atoms with Gasteiger partial charge < -0.3 is 5.32 Å². The van der Waals surface area contributed by atoms with E-state index in [1.165, 1.54) is 29.0 Å². The van der Waals surface area contributed by atoms with E-state index in [0.717, 1.165) is 21.5 Å². The summed E-state index contributed by atoms with van der Waals surface area (Å²) in [5, 5.41) is 8.12. The number of aryl methyl sites for hydroxylation is 1. The van der Waals surface area contributed by atoms with Crippen LogP contribution in [-0.2, 0) is 16.6 Å². The Labute approximate surface area is 178 Å². The summed E-state index contributed by atoms with van der Waals surface area (Å²) in [6.07, 6.45) is 0.152. The standard InChI is InChI=1S/C23H23FN4OS/c1-14-11-20(26-21(29)12-15-5-8-17(24)9-6-15)28(27-14)22-25-18-10-7-16(23(2,3)4)13-19(18)30-22/h5-11,13H,12H2,1-4H3,(H,26,29). The zero-order valence-corrected chi connectivity index (χ0v) is 18.2. The van der Waals surface area contributed by atoms with Crippen molar-refractivity contribution >= 4 is 33.3 Å². The predicted octanol–water partition coefficient (Wildman–Crippen LogP) is 5.41. The first-order chi connectivity index (χ1) is 14.2. The molecule has 0 fully saturated rings. The fraction of sp³-hybridized carbons (Fsp3) is 0.261. The normalized spacial score (nSPS) is 11.8. The van der Waals surface area contributed by atoms with Gasteiger partial charge in [0.2, 0.25) is 11.0 Å². The van der Waals surface area contributed by atoms with Gasteiger partial charge in [0.1, 0.15) is 11.6 Å². The summed E-state index contributed by atoms with van der Waals surface area (Å²) in [5.41, 5.74) is 3.72. The maximum Gasteiger partial charge on any atom is 0.229 e. The van der Waals surface area contributed by atoms with Crippen molar-refractivity contribution in [3.63, 3.8) is 0 Å². The zero-order chi connectivity index (χ0) is 21.5. The van der Waals surface area contributed by atoms with Crippen LogP contribution in [0, 0.1) is 12.7 Å². The number of amides is 1. The monoisotopic (exact) mass is 422 g/mol. The predicted molar refractivity (Wildman–Crippen MR) is 119 cm³/mol. The van der Waals surface area contributed by atoms with Crippen molar-refractivity contribution < 1.29 is 9.18 Å². The van der Waals surface area contributed by atoms with E-state index in [0.29, 0.717) is 10.9 Å². The summed E-state index contributed by atoms with van der Waals surface area (Å²) in [6.45, 7) is 8.42. The van der Waals surface area contributed by atoms with Crippen molar-refractivity contribution in [2.75, 3.05) is 5.32 Å². The Morgan fingerprint density at radius 3 is 2.57 bits per heavy atom. The third-order valence-corrected chi connectivity index (χ3v) is 5.80. The van der Waals surface area contributed by atoms with Crippen molar-refractivity contribution in [3.8, 4) is 5.13 Å². The molecule has 0 aliphatic heterocycles. The van der Waals surface area contributed by atoms with Gasteiger partial charge in [0.25, 0.3) is 0 Å². The first-order valence-electron chi connectivity index (χ1n) is 9.71. The van der Waals surface area contributed by atoms with Crippen LogP contribution >= 0.6 is 11.3 Å². The number of rotatable bonds is 4. The van der Waals surface area contributed by atoms with Gasteiger partial charge in [-0.25, -0.2) is 9.37 Å². The second kappa shape index (κ2) is 7.65. The molecule has 4 rings (SSSR count). The molecule has 0 spiro atoms. The van der Waals surface area contributed by atoms with E-state index in [1.807, 2.05) is 19.1 Å². The second-order valence-electron chi connectivity index (χ2n) is 8.36. The number of nitrogens with one attached hydrogen (secondary N) is 1. The van der Waals surface area contributed by atoms with Crippen molar-refractivity contribution in [1.29, 1.82) is 0 Å². The highest BCUT2D eigenvalue weighted by Gasteiger charge is 2.18. The van der Waals surface area contributed by atoms with E-state index in [-0.39, 0.29) is 23.6 Å². The third-order valence-electron chi connectivity index (χ3n) is 4.80. The van der Waals surface area contributed by atoms with E-state index < -0.39 is 0 Å². The van der Waals surface area contributed by atoms with Crippen LogP contribution < -0.4 is 5.32 Å². The summed E-state index contributed by atoms with van der Waals surface area (Å²) < 4.78 is 15.8. The smallest absolute Gasteiger partial charge is 0.229 e. The first-order valence-corrected chi connectivity index (χ1v) is 10.5. The lowest BCUT2D eigenvalue weighted by atomic mass is 9.87. The Hall–Kier alpha value is -3.06. The summed E-state index contributed by atoms with van der Waals surface area (Å²) in [4.78, 5) is 17.2. The van der Waals surface area contributed by atoms with E-state index in [2.05, 4.69) is 43.3 Å². The van der Waals surface area contributed by atoms with Crippen LogP contribution in [0.3, 0.4) is 0 Å². The van der Waals surface area contributed by atoms with E-state index in [4.69, 9.17) is 4.98 Å². The number of halogens is 1. The third kappa shape index (κ3) is 4.26. The Balaban J connectivity index is 1.61. The molecule has 2 heterocycles. The molecular formula is C23H23FN4OS. The highest BCUT2D eigenvalue weighted by molar-refractivity contribution is 7.20. The number of aromatic nitrogens is 3. The van der Waals surface area contributed by atoms with E-state index in [1.54, 1.807) is 16.8 Å². The molecule has 7 heteroatoms. The molecule has 1 amide bonds. The minimum Gasteiger partial charge on any atom is -0.310 e. The largest absolute Gasteiger partial charge is 0.310 e. The molecule has 0 bridgehead atoms. The van der Waals surface area contributed by atoms with Crippen LogP contribution in [0.15, 0.2) is 48.5 Å². The molecule has 1 N–H and O–H groups in total. The van der Waals surface area contributed by atoms with Gasteiger partial charge in [0.05, 0.1) is 22.3 Å². The average molecular weight is 423 g/mol. The molecule has 0 aliphatic rings. The molecule has 5 nitrogen and oxygen atoms in total. The lowest BCUT2D eigenvalue weighted by Crippen LogP contribution is -2.17. The Bertz CT molecular complexity index is 1220. The van der Waals surface area contributed by atoms with Gasteiger partial charge in [-0.2, -0.15) is 9.78 Å². The molecule has 0 saturated heterocycles. The maximum atomic E-state index is 13.1. The minimum absolute atomic E-state index is 0.0557. The van der Waals surface area contributed by atoms with E-state index in [9.17, 15) is 9.18 Å².